The smallest absolute Gasteiger partial charge is 0.239 e. The number of carbonyl (C=O) groups excluding carboxylic acids is 1. The summed E-state index contributed by atoms with van der Waals surface area (Å²) >= 11 is 0. The molecule has 3 N–H and O–H groups in total. The Morgan fingerprint density at radius 2 is 2.04 bits per heavy atom. The number of sulfonamides is 1. The topological polar surface area (TPSA) is 92.5 Å². The maximum Gasteiger partial charge on any atom is 0.239 e. The van der Waals surface area contributed by atoms with Gasteiger partial charge in [0.1, 0.15) is 0 Å². The Morgan fingerprint density at radius 1 is 1.39 bits per heavy atom. The van der Waals surface area contributed by atoms with Crippen LogP contribution in [-0.4, -0.2) is 33.0 Å². The van der Waals surface area contributed by atoms with Gasteiger partial charge in [0.15, 0.2) is 0 Å². The molecule has 0 saturated heterocycles. The van der Waals surface area contributed by atoms with Crippen LogP contribution in [0, 0.1) is 0 Å². The molecule has 0 saturated carbocycles. The van der Waals surface area contributed by atoms with Gasteiger partial charge in [-0.15, -0.1) is 0 Å². The number of nitrogens with zero attached hydrogens (tertiary/aromatic N) is 1. The molecule has 1 aliphatic heterocycles. The van der Waals surface area contributed by atoms with Gasteiger partial charge in [0.25, 0.3) is 0 Å². The SMILES string of the molecule is CCC(CC)NC(=O)CN1c2ccc(S(N)(=O)=O)cc2C[C@H]1C. The van der Waals surface area contributed by atoms with Crippen LogP contribution in [0.1, 0.15) is 39.2 Å². The van der Waals surface area contributed by atoms with Crippen molar-refractivity contribution in [2.45, 2.75) is 57.0 Å². The summed E-state index contributed by atoms with van der Waals surface area (Å²) in [4.78, 5) is 14.4. The summed E-state index contributed by atoms with van der Waals surface area (Å²) in [5.41, 5.74) is 1.82. The number of nitrogens with two attached hydrogens (primary N) is 1. The van der Waals surface area contributed by atoms with Gasteiger partial charge in [-0.25, -0.2) is 13.6 Å². The van der Waals surface area contributed by atoms with Gasteiger partial charge in [-0.05, 0) is 49.9 Å². The predicted octanol–water partition coefficient (Wildman–Crippen LogP) is 1.39. The Kier molecular flexibility index (Phi) is 5.31. The van der Waals surface area contributed by atoms with Gasteiger partial charge in [0.05, 0.1) is 11.4 Å². The molecule has 0 unspecified atom stereocenters. The molecule has 1 aliphatic rings. The van der Waals surface area contributed by atoms with Crippen molar-refractivity contribution in [1.29, 1.82) is 0 Å². The van der Waals surface area contributed by atoms with Crippen molar-refractivity contribution in [2.24, 2.45) is 5.14 Å². The normalized spacial score (nSPS) is 17.4. The van der Waals surface area contributed by atoms with Crippen LogP contribution in [0.5, 0.6) is 0 Å². The molecule has 0 spiro atoms. The predicted molar refractivity (Wildman–Crippen MR) is 90.8 cm³/mol. The fourth-order valence-electron chi connectivity index (χ4n) is 3.01. The third kappa shape index (κ3) is 4.03. The van der Waals surface area contributed by atoms with Gasteiger partial charge in [-0.3, -0.25) is 4.79 Å². The van der Waals surface area contributed by atoms with Crippen LogP contribution in [0.3, 0.4) is 0 Å². The van der Waals surface area contributed by atoms with E-state index in [1.54, 1.807) is 12.1 Å². The molecule has 1 amide bonds. The van der Waals surface area contributed by atoms with Crippen molar-refractivity contribution >= 4 is 21.6 Å². The fourth-order valence-corrected chi connectivity index (χ4v) is 3.57. The van der Waals surface area contributed by atoms with Crippen molar-refractivity contribution in [3.63, 3.8) is 0 Å². The summed E-state index contributed by atoms with van der Waals surface area (Å²) in [7, 11) is -3.70. The average molecular weight is 339 g/mol. The van der Waals surface area contributed by atoms with E-state index in [-0.39, 0.29) is 29.4 Å². The van der Waals surface area contributed by atoms with Crippen molar-refractivity contribution in [2.75, 3.05) is 11.4 Å². The summed E-state index contributed by atoms with van der Waals surface area (Å²) in [6.07, 6.45) is 2.52. The second-order valence-electron chi connectivity index (χ2n) is 6.10. The summed E-state index contributed by atoms with van der Waals surface area (Å²) in [6, 6.07) is 5.19. The minimum absolute atomic E-state index is 0.00563. The summed E-state index contributed by atoms with van der Waals surface area (Å²) < 4.78 is 22.9. The standard InChI is InChI=1S/C16H25N3O3S/c1-4-13(5-2)18-16(20)10-19-11(3)8-12-9-14(23(17,21)22)6-7-15(12)19/h6-7,9,11,13H,4-5,8,10H2,1-3H3,(H,18,20)(H2,17,21,22)/t11-/m1/s1. The van der Waals surface area contributed by atoms with Gasteiger partial charge in [0.2, 0.25) is 15.9 Å². The Hall–Kier alpha value is -1.60. The minimum Gasteiger partial charge on any atom is -0.359 e. The zero-order valence-corrected chi connectivity index (χ0v) is 14.7. The number of primary sulfonamides is 1. The number of benzene rings is 1. The highest BCUT2D eigenvalue weighted by molar-refractivity contribution is 7.89. The number of fused-ring (bicyclic) bond motifs is 1. The quantitative estimate of drug-likeness (QED) is 0.819. The summed E-state index contributed by atoms with van der Waals surface area (Å²) in [5, 5.41) is 8.21. The molecule has 1 aromatic carbocycles. The maximum atomic E-state index is 12.2. The molecule has 0 fully saturated rings. The minimum atomic E-state index is -3.70. The largest absolute Gasteiger partial charge is 0.359 e. The first kappa shape index (κ1) is 17.7. The Bertz CT molecular complexity index is 684. The number of carbonyl (C=O) groups is 1. The number of hydrogen-bond acceptors (Lipinski definition) is 4. The highest BCUT2D eigenvalue weighted by atomic mass is 32.2. The molecule has 0 aliphatic carbocycles. The maximum absolute atomic E-state index is 12.2. The first-order valence-corrected chi connectivity index (χ1v) is 9.52. The van der Waals surface area contributed by atoms with Crippen molar-refractivity contribution < 1.29 is 13.2 Å². The molecule has 1 aromatic rings. The number of amides is 1. The Morgan fingerprint density at radius 3 is 2.61 bits per heavy atom. The van der Waals surface area contributed by atoms with E-state index in [4.69, 9.17) is 5.14 Å². The molecule has 23 heavy (non-hydrogen) atoms. The first-order chi connectivity index (χ1) is 10.8. The molecule has 2 rings (SSSR count). The van der Waals surface area contributed by atoms with Crippen molar-refractivity contribution in [1.82, 2.24) is 5.32 Å². The van der Waals surface area contributed by atoms with E-state index in [2.05, 4.69) is 19.2 Å². The molecule has 6 nitrogen and oxygen atoms in total. The van der Waals surface area contributed by atoms with E-state index >= 15 is 0 Å². The van der Waals surface area contributed by atoms with Gasteiger partial charge in [0, 0.05) is 17.8 Å². The molecule has 0 bridgehead atoms. The zero-order chi connectivity index (χ0) is 17.2. The van der Waals surface area contributed by atoms with Crippen LogP contribution >= 0.6 is 0 Å². The number of hydrogen-bond donors (Lipinski definition) is 2. The number of anilines is 1. The van der Waals surface area contributed by atoms with E-state index in [1.807, 2.05) is 11.8 Å². The first-order valence-electron chi connectivity index (χ1n) is 7.98. The Balaban J connectivity index is 2.16. The highest BCUT2D eigenvalue weighted by Crippen LogP contribution is 2.33. The van der Waals surface area contributed by atoms with Gasteiger partial charge < -0.3 is 10.2 Å². The molecule has 1 heterocycles. The van der Waals surface area contributed by atoms with E-state index in [9.17, 15) is 13.2 Å². The van der Waals surface area contributed by atoms with E-state index in [0.29, 0.717) is 6.42 Å². The zero-order valence-electron chi connectivity index (χ0n) is 13.9. The van der Waals surface area contributed by atoms with Crippen LogP contribution in [0.2, 0.25) is 0 Å². The highest BCUT2D eigenvalue weighted by Gasteiger charge is 2.28. The summed E-state index contributed by atoms with van der Waals surface area (Å²) in [6.45, 7) is 6.41. The van der Waals surface area contributed by atoms with E-state index < -0.39 is 10.0 Å². The monoisotopic (exact) mass is 339 g/mol. The fraction of sp³-hybridized carbons (Fsp3) is 0.562. The van der Waals surface area contributed by atoms with Gasteiger partial charge >= 0.3 is 0 Å². The van der Waals surface area contributed by atoms with Crippen LogP contribution in [0.25, 0.3) is 0 Å². The van der Waals surface area contributed by atoms with Crippen molar-refractivity contribution in [3.8, 4) is 0 Å². The van der Waals surface area contributed by atoms with Gasteiger partial charge in [-0.1, -0.05) is 13.8 Å². The Labute approximate surface area is 138 Å². The van der Waals surface area contributed by atoms with E-state index in [1.165, 1.54) is 6.07 Å². The van der Waals surface area contributed by atoms with E-state index in [0.717, 1.165) is 24.1 Å². The number of nitrogens with one attached hydrogen (secondary N) is 1. The lowest BCUT2D eigenvalue weighted by Crippen LogP contribution is -2.43. The lowest BCUT2D eigenvalue weighted by Gasteiger charge is -2.25. The van der Waals surface area contributed by atoms with Crippen LogP contribution in [-0.2, 0) is 21.2 Å². The van der Waals surface area contributed by atoms with Crippen LogP contribution in [0.15, 0.2) is 23.1 Å². The third-order valence-corrected chi connectivity index (χ3v) is 5.31. The molecular weight excluding hydrogens is 314 g/mol. The average Bonchev–Trinajstić information content (AvgIpc) is 2.79. The molecule has 7 heteroatoms. The lowest BCUT2D eigenvalue weighted by atomic mass is 10.1. The molecular formula is C16H25N3O3S. The third-order valence-electron chi connectivity index (χ3n) is 4.40. The molecule has 0 radical (unpaired) electrons. The second kappa shape index (κ2) is 6.88. The molecule has 128 valence electrons. The van der Waals surface area contributed by atoms with Gasteiger partial charge in [-0.2, -0.15) is 0 Å². The van der Waals surface area contributed by atoms with Crippen LogP contribution < -0.4 is 15.4 Å². The number of rotatable bonds is 6. The summed E-state index contributed by atoms with van der Waals surface area (Å²) in [5.74, 6) is -0.00563. The molecule has 1 atom stereocenters. The second-order valence-corrected chi connectivity index (χ2v) is 7.66. The van der Waals surface area contributed by atoms with Crippen molar-refractivity contribution in [3.05, 3.63) is 23.8 Å². The van der Waals surface area contributed by atoms with Crippen LogP contribution in [0.4, 0.5) is 5.69 Å². The molecule has 0 aromatic heterocycles. The lowest BCUT2D eigenvalue weighted by molar-refractivity contribution is -0.120.